The van der Waals surface area contributed by atoms with Gasteiger partial charge in [-0.2, -0.15) is 0 Å². The maximum Gasteiger partial charge on any atom is 0.133 e. The molecule has 4 aromatic carbocycles. The lowest BCUT2D eigenvalue weighted by Crippen LogP contribution is -2.26. The van der Waals surface area contributed by atoms with Crippen molar-refractivity contribution in [1.82, 2.24) is 0 Å². The maximum atomic E-state index is 10.3. The lowest BCUT2D eigenvalue weighted by atomic mass is 9.80. The number of nitrogens with zero attached hydrogens (tertiary/aromatic N) is 1. The minimum atomic E-state index is -0.0437. The Morgan fingerprint density at radius 1 is 0.769 bits per heavy atom. The van der Waals surface area contributed by atoms with Gasteiger partial charge in [-0.3, -0.25) is 0 Å². The van der Waals surface area contributed by atoms with E-state index in [1.807, 2.05) is 30.3 Å². The first-order valence-electron chi connectivity index (χ1n) is 14.3. The molecule has 0 aromatic heterocycles. The van der Waals surface area contributed by atoms with Crippen LogP contribution in [0.4, 0.5) is 17.1 Å². The van der Waals surface area contributed by atoms with Crippen molar-refractivity contribution in [1.29, 1.82) is 0 Å². The zero-order chi connectivity index (χ0) is 27.2. The molecule has 0 spiro atoms. The van der Waals surface area contributed by atoms with Gasteiger partial charge in [0, 0.05) is 53.3 Å². The number of aliphatic hydroxyl groups is 1. The third-order valence-electron chi connectivity index (χ3n) is 7.71. The second-order valence-electron chi connectivity index (χ2n) is 10.5. The first kappa shape index (κ1) is 26.8. The van der Waals surface area contributed by atoms with Gasteiger partial charge in [-0.05, 0) is 66.8 Å². The van der Waals surface area contributed by atoms with Gasteiger partial charge in [0.15, 0.2) is 0 Å². The van der Waals surface area contributed by atoms with Gasteiger partial charge in [-0.25, -0.2) is 0 Å². The molecule has 0 bridgehead atoms. The summed E-state index contributed by atoms with van der Waals surface area (Å²) in [6.45, 7) is 8.72. The second-order valence-corrected chi connectivity index (χ2v) is 10.5. The number of ether oxygens (including phenoxy) is 1. The molecule has 4 aromatic rings. The van der Waals surface area contributed by atoms with Crippen molar-refractivity contribution < 1.29 is 9.84 Å². The molecule has 0 fully saturated rings. The van der Waals surface area contributed by atoms with Crippen molar-refractivity contribution in [3.8, 4) is 11.5 Å². The van der Waals surface area contributed by atoms with Gasteiger partial charge in [0.1, 0.15) is 11.5 Å². The van der Waals surface area contributed by atoms with Crippen molar-refractivity contribution in [2.24, 2.45) is 0 Å². The predicted molar refractivity (Wildman–Crippen MR) is 163 cm³/mol. The summed E-state index contributed by atoms with van der Waals surface area (Å²) in [4.78, 5) is 2.50. The normalized spacial score (nSPS) is 13.8. The van der Waals surface area contributed by atoms with Crippen LogP contribution in [0.5, 0.6) is 11.5 Å². The van der Waals surface area contributed by atoms with Gasteiger partial charge in [0.2, 0.25) is 0 Å². The van der Waals surface area contributed by atoms with E-state index >= 15 is 0 Å². The van der Waals surface area contributed by atoms with Crippen molar-refractivity contribution >= 4 is 17.1 Å². The number of rotatable bonds is 11. The quantitative estimate of drug-likeness (QED) is 0.182. The second kappa shape index (κ2) is 12.4. The molecule has 4 nitrogen and oxygen atoms in total. The SMILES string of the molecule is CCCCN(CCCC)c1ccc2c(c1)Oc1cc(C)c(Nc3ccccc3)cc1C2c1ccccc1CO. The molecule has 5 rings (SSSR count). The molecule has 0 radical (unpaired) electrons. The smallest absolute Gasteiger partial charge is 0.133 e. The van der Waals surface area contributed by atoms with Gasteiger partial charge >= 0.3 is 0 Å². The number of hydrogen-bond acceptors (Lipinski definition) is 4. The van der Waals surface area contributed by atoms with E-state index in [1.165, 1.54) is 31.4 Å². The summed E-state index contributed by atoms with van der Waals surface area (Å²) in [5.41, 5.74) is 8.74. The summed E-state index contributed by atoms with van der Waals surface area (Å²) in [6, 6.07) is 29.6. The molecule has 2 N–H and O–H groups in total. The Balaban J connectivity index is 1.61. The summed E-state index contributed by atoms with van der Waals surface area (Å²) >= 11 is 0. The van der Waals surface area contributed by atoms with Gasteiger partial charge in [-0.1, -0.05) is 75.2 Å². The number of hydrogen-bond donors (Lipinski definition) is 2. The summed E-state index contributed by atoms with van der Waals surface area (Å²) in [6.07, 6.45) is 4.70. The van der Waals surface area contributed by atoms with Crippen LogP contribution in [0, 0.1) is 6.92 Å². The number of aryl methyl sites for hydroxylation is 1. The zero-order valence-electron chi connectivity index (χ0n) is 23.4. The molecule has 0 amide bonds. The fourth-order valence-electron chi connectivity index (χ4n) is 5.52. The first-order valence-corrected chi connectivity index (χ1v) is 14.3. The molecule has 1 aliphatic rings. The Hall–Kier alpha value is -3.76. The average Bonchev–Trinajstić information content (AvgIpc) is 2.97. The summed E-state index contributed by atoms with van der Waals surface area (Å²) in [5.74, 6) is 1.74. The van der Waals surface area contributed by atoms with Crippen molar-refractivity contribution in [2.75, 3.05) is 23.3 Å². The Morgan fingerprint density at radius 2 is 1.46 bits per heavy atom. The summed E-state index contributed by atoms with van der Waals surface area (Å²) < 4.78 is 6.67. The van der Waals surface area contributed by atoms with Crippen molar-refractivity contribution in [2.45, 2.75) is 59.0 Å². The number of unbranched alkanes of at least 4 members (excludes halogenated alkanes) is 2. The molecule has 1 atom stereocenters. The van der Waals surface area contributed by atoms with Gasteiger partial charge in [0.25, 0.3) is 0 Å². The molecule has 4 heteroatoms. The maximum absolute atomic E-state index is 10.3. The highest BCUT2D eigenvalue weighted by atomic mass is 16.5. The van der Waals surface area contributed by atoms with Crippen LogP contribution in [-0.2, 0) is 6.61 Å². The Bertz CT molecular complexity index is 1390. The summed E-state index contributed by atoms with van der Waals surface area (Å²) in [5, 5.41) is 13.9. The van der Waals surface area contributed by atoms with Crippen LogP contribution in [0.1, 0.15) is 73.3 Å². The van der Waals surface area contributed by atoms with Crippen LogP contribution in [0.25, 0.3) is 0 Å². The van der Waals surface area contributed by atoms with Crippen LogP contribution < -0.4 is 15.0 Å². The van der Waals surface area contributed by atoms with E-state index in [-0.39, 0.29) is 12.5 Å². The van der Waals surface area contributed by atoms with Crippen LogP contribution >= 0.6 is 0 Å². The third-order valence-corrected chi connectivity index (χ3v) is 7.71. The molecule has 1 heterocycles. The molecule has 1 unspecified atom stereocenters. The van der Waals surface area contributed by atoms with Crippen LogP contribution in [0.2, 0.25) is 0 Å². The van der Waals surface area contributed by atoms with Gasteiger partial charge in [-0.15, -0.1) is 0 Å². The van der Waals surface area contributed by atoms with Crippen molar-refractivity contribution in [3.63, 3.8) is 0 Å². The number of benzene rings is 4. The molecule has 39 heavy (non-hydrogen) atoms. The largest absolute Gasteiger partial charge is 0.457 e. The molecule has 0 saturated carbocycles. The van der Waals surface area contributed by atoms with Crippen LogP contribution in [0.3, 0.4) is 0 Å². The minimum absolute atomic E-state index is 0.000915. The number of fused-ring (bicyclic) bond motifs is 2. The van der Waals surface area contributed by atoms with E-state index in [4.69, 9.17) is 4.74 Å². The standard InChI is InChI=1S/C35H40N2O2/c1-4-6-19-37(20-7-5-2)28-17-18-30-34(22-28)39-33-21-25(3)32(36-27-14-9-8-10-15-27)23-31(33)35(30)29-16-12-11-13-26(29)24-38/h8-18,21-23,35-36,38H,4-7,19-20,24H2,1-3H3. The van der Waals surface area contributed by atoms with Crippen LogP contribution in [0.15, 0.2) is 84.9 Å². The number of anilines is 3. The highest BCUT2D eigenvalue weighted by Crippen LogP contribution is 2.50. The lowest BCUT2D eigenvalue weighted by molar-refractivity contribution is 0.280. The number of para-hydroxylation sites is 1. The Kier molecular flexibility index (Phi) is 8.53. The molecule has 0 aliphatic carbocycles. The molecular formula is C35H40N2O2. The van der Waals surface area contributed by atoms with E-state index in [2.05, 4.69) is 85.6 Å². The van der Waals surface area contributed by atoms with Crippen molar-refractivity contribution in [3.05, 3.63) is 113 Å². The zero-order valence-corrected chi connectivity index (χ0v) is 23.4. The van der Waals surface area contributed by atoms with E-state index in [0.717, 1.165) is 63.8 Å². The van der Waals surface area contributed by atoms with Crippen LogP contribution in [-0.4, -0.2) is 18.2 Å². The average molecular weight is 521 g/mol. The van der Waals surface area contributed by atoms with E-state index < -0.39 is 0 Å². The molecule has 1 aliphatic heterocycles. The molecule has 202 valence electrons. The fourth-order valence-corrected chi connectivity index (χ4v) is 5.52. The highest BCUT2D eigenvalue weighted by Gasteiger charge is 2.31. The third kappa shape index (κ3) is 5.81. The minimum Gasteiger partial charge on any atom is -0.457 e. The number of aliphatic hydroxyl groups excluding tert-OH is 1. The summed E-state index contributed by atoms with van der Waals surface area (Å²) in [7, 11) is 0. The topological polar surface area (TPSA) is 44.7 Å². The molecule has 0 saturated heterocycles. The highest BCUT2D eigenvalue weighted by molar-refractivity contribution is 5.71. The lowest BCUT2D eigenvalue weighted by Gasteiger charge is -2.32. The van der Waals surface area contributed by atoms with E-state index in [9.17, 15) is 5.11 Å². The van der Waals surface area contributed by atoms with Gasteiger partial charge < -0.3 is 20.1 Å². The van der Waals surface area contributed by atoms with E-state index in [0.29, 0.717) is 0 Å². The fraction of sp³-hybridized carbons (Fsp3) is 0.314. The van der Waals surface area contributed by atoms with E-state index in [1.54, 1.807) is 0 Å². The van der Waals surface area contributed by atoms with Gasteiger partial charge in [0.05, 0.1) is 6.61 Å². The molecular weight excluding hydrogens is 480 g/mol. The predicted octanol–water partition coefficient (Wildman–Crippen LogP) is 8.92. The Morgan fingerprint density at radius 3 is 2.18 bits per heavy atom. The first-order chi connectivity index (χ1) is 19.1. The number of nitrogens with one attached hydrogen (secondary N) is 1. The Labute approximate surface area is 233 Å². The monoisotopic (exact) mass is 520 g/mol.